The molecule has 0 spiro atoms. The second-order valence-electron chi connectivity index (χ2n) is 6.14. The lowest BCUT2D eigenvalue weighted by molar-refractivity contribution is -0.145. The number of carbonyl (C=O) groups excluding carboxylic acids is 1. The summed E-state index contributed by atoms with van der Waals surface area (Å²) in [5, 5.41) is 0. The van der Waals surface area contributed by atoms with Crippen molar-refractivity contribution in [1.82, 2.24) is 14.9 Å². The molecule has 1 saturated heterocycles. The van der Waals surface area contributed by atoms with Gasteiger partial charge in [-0.3, -0.25) is 4.79 Å². The van der Waals surface area contributed by atoms with Gasteiger partial charge in [-0.1, -0.05) is 24.3 Å². The van der Waals surface area contributed by atoms with Gasteiger partial charge in [-0.2, -0.15) is 0 Å². The number of rotatable bonds is 4. The summed E-state index contributed by atoms with van der Waals surface area (Å²) in [6.45, 7) is 3.37. The van der Waals surface area contributed by atoms with Crippen LogP contribution in [0, 0.1) is 12.8 Å². The zero-order chi connectivity index (χ0) is 16.2. The molecule has 0 radical (unpaired) electrons. The van der Waals surface area contributed by atoms with Crippen molar-refractivity contribution < 1.29 is 9.53 Å². The summed E-state index contributed by atoms with van der Waals surface area (Å²) in [6, 6.07) is 8.17. The lowest BCUT2D eigenvalue weighted by atomic mass is 9.92. The molecular weight excluding hydrogens is 290 g/mol. The Hall–Kier alpha value is -2.14. The number of H-pyrrole nitrogens is 1. The number of benzene rings is 1. The third-order valence-corrected chi connectivity index (χ3v) is 4.47. The third-order valence-electron chi connectivity index (χ3n) is 4.47. The molecule has 1 aromatic carbocycles. The Morgan fingerprint density at radius 1 is 1.43 bits per heavy atom. The maximum absolute atomic E-state index is 12.9. The molecule has 0 bridgehead atoms. The number of nitrogens with zero attached hydrogens (tertiary/aromatic N) is 2. The van der Waals surface area contributed by atoms with Crippen LogP contribution in [0.15, 0.2) is 36.7 Å². The predicted octanol–water partition coefficient (Wildman–Crippen LogP) is 2.84. The molecule has 1 fully saturated rings. The standard InChI is InChI=1S/C18H23N3O2/c1-13-6-3-4-7-14(13)12-21(2)18(22)15-8-5-11-23-16(15)17-19-9-10-20-17/h3-4,6-7,9-10,15-16H,5,8,11-12H2,1-2H3,(H,19,20)/t15-,16-/m1/s1. The molecule has 2 heterocycles. The van der Waals surface area contributed by atoms with Gasteiger partial charge >= 0.3 is 0 Å². The molecule has 1 N–H and O–H groups in total. The molecule has 122 valence electrons. The number of amides is 1. The molecule has 5 nitrogen and oxygen atoms in total. The molecule has 1 amide bonds. The highest BCUT2D eigenvalue weighted by molar-refractivity contribution is 5.79. The maximum atomic E-state index is 12.9. The molecule has 2 atom stereocenters. The van der Waals surface area contributed by atoms with Crippen LogP contribution >= 0.6 is 0 Å². The van der Waals surface area contributed by atoms with Crippen molar-refractivity contribution >= 4 is 5.91 Å². The molecule has 0 unspecified atom stereocenters. The molecule has 1 aliphatic rings. The van der Waals surface area contributed by atoms with E-state index in [0.29, 0.717) is 13.2 Å². The minimum absolute atomic E-state index is 0.120. The van der Waals surface area contributed by atoms with Gasteiger partial charge in [-0.05, 0) is 30.9 Å². The molecule has 5 heteroatoms. The fourth-order valence-electron chi connectivity index (χ4n) is 3.14. The van der Waals surface area contributed by atoms with Crippen LogP contribution in [0.2, 0.25) is 0 Å². The molecule has 2 aromatic rings. The SMILES string of the molecule is Cc1ccccc1CN(C)C(=O)[C@@H]1CCCO[C@H]1c1ncc[nH]1. The summed E-state index contributed by atoms with van der Waals surface area (Å²) in [7, 11) is 1.86. The highest BCUT2D eigenvalue weighted by atomic mass is 16.5. The van der Waals surface area contributed by atoms with E-state index in [2.05, 4.69) is 29.0 Å². The largest absolute Gasteiger partial charge is 0.369 e. The Kier molecular flexibility index (Phi) is 4.76. The Balaban J connectivity index is 1.73. The number of carbonyl (C=O) groups is 1. The fraction of sp³-hybridized carbons (Fsp3) is 0.444. The number of hydrogen-bond donors (Lipinski definition) is 1. The van der Waals surface area contributed by atoms with Gasteiger partial charge in [0.15, 0.2) is 0 Å². The Morgan fingerprint density at radius 3 is 3.00 bits per heavy atom. The minimum atomic E-state index is -0.273. The van der Waals surface area contributed by atoms with Crippen LogP contribution < -0.4 is 0 Å². The number of aryl methyl sites for hydroxylation is 1. The Labute approximate surface area is 136 Å². The van der Waals surface area contributed by atoms with Crippen molar-refractivity contribution in [3.8, 4) is 0 Å². The first-order chi connectivity index (χ1) is 11.2. The first kappa shape index (κ1) is 15.7. The molecule has 1 aliphatic heterocycles. The maximum Gasteiger partial charge on any atom is 0.228 e. The minimum Gasteiger partial charge on any atom is -0.369 e. The predicted molar refractivity (Wildman–Crippen MR) is 87.7 cm³/mol. The van der Waals surface area contributed by atoms with Gasteiger partial charge in [0.25, 0.3) is 0 Å². The van der Waals surface area contributed by atoms with Crippen LogP contribution in [-0.4, -0.2) is 34.4 Å². The van der Waals surface area contributed by atoms with E-state index in [1.165, 1.54) is 11.1 Å². The van der Waals surface area contributed by atoms with Gasteiger partial charge in [-0.25, -0.2) is 4.98 Å². The zero-order valence-corrected chi connectivity index (χ0v) is 13.7. The van der Waals surface area contributed by atoms with Crippen LogP contribution in [0.4, 0.5) is 0 Å². The Morgan fingerprint density at radius 2 is 2.26 bits per heavy atom. The van der Waals surface area contributed by atoms with Gasteiger partial charge in [0.05, 0.1) is 5.92 Å². The van der Waals surface area contributed by atoms with Crippen LogP contribution in [0.3, 0.4) is 0 Å². The van der Waals surface area contributed by atoms with E-state index in [4.69, 9.17) is 4.74 Å². The normalized spacial score (nSPS) is 21.1. The van der Waals surface area contributed by atoms with Crippen molar-refractivity contribution in [2.45, 2.75) is 32.4 Å². The van der Waals surface area contributed by atoms with Crippen LogP contribution in [0.1, 0.15) is 35.9 Å². The van der Waals surface area contributed by atoms with Gasteiger partial charge in [0.2, 0.25) is 5.91 Å². The van der Waals surface area contributed by atoms with Crippen LogP contribution in [-0.2, 0) is 16.1 Å². The van der Waals surface area contributed by atoms with Gasteiger partial charge in [0, 0.05) is 32.6 Å². The van der Waals surface area contributed by atoms with Gasteiger partial charge in [-0.15, -0.1) is 0 Å². The van der Waals surface area contributed by atoms with Crippen molar-refractivity contribution in [1.29, 1.82) is 0 Å². The molecular formula is C18H23N3O2. The van der Waals surface area contributed by atoms with E-state index >= 15 is 0 Å². The van der Waals surface area contributed by atoms with E-state index in [1.807, 2.05) is 19.2 Å². The quantitative estimate of drug-likeness (QED) is 0.944. The number of aromatic amines is 1. The van der Waals surface area contributed by atoms with Crippen molar-refractivity contribution in [2.24, 2.45) is 5.92 Å². The number of aromatic nitrogens is 2. The number of hydrogen-bond acceptors (Lipinski definition) is 3. The molecule has 23 heavy (non-hydrogen) atoms. The summed E-state index contributed by atoms with van der Waals surface area (Å²) in [5.41, 5.74) is 2.38. The summed E-state index contributed by atoms with van der Waals surface area (Å²) in [6.07, 6.45) is 4.94. The van der Waals surface area contributed by atoms with Crippen LogP contribution in [0.5, 0.6) is 0 Å². The average Bonchev–Trinajstić information content (AvgIpc) is 3.10. The highest BCUT2D eigenvalue weighted by Gasteiger charge is 2.36. The average molecular weight is 313 g/mol. The topological polar surface area (TPSA) is 58.2 Å². The van der Waals surface area contributed by atoms with Gasteiger partial charge < -0.3 is 14.6 Å². The molecule has 0 aliphatic carbocycles. The number of imidazole rings is 1. The van der Waals surface area contributed by atoms with E-state index in [0.717, 1.165) is 18.7 Å². The molecule has 0 saturated carbocycles. The monoisotopic (exact) mass is 313 g/mol. The van der Waals surface area contributed by atoms with E-state index < -0.39 is 0 Å². The van der Waals surface area contributed by atoms with E-state index in [-0.39, 0.29) is 17.9 Å². The number of nitrogens with one attached hydrogen (secondary N) is 1. The second-order valence-corrected chi connectivity index (χ2v) is 6.14. The first-order valence-corrected chi connectivity index (χ1v) is 8.07. The summed E-state index contributed by atoms with van der Waals surface area (Å²) in [4.78, 5) is 22.1. The Bertz CT molecular complexity index is 654. The van der Waals surface area contributed by atoms with Crippen molar-refractivity contribution in [3.63, 3.8) is 0 Å². The lowest BCUT2D eigenvalue weighted by Gasteiger charge is -2.32. The summed E-state index contributed by atoms with van der Waals surface area (Å²) in [5.74, 6) is 0.686. The molecule has 1 aromatic heterocycles. The fourth-order valence-corrected chi connectivity index (χ4v) is 3.14. The lowest BCUT2D eigenvalue weighted by Crippen LogP contribution is -2.38. The van der Waals surface area contributed by atoms with Crippen molar-refractivity contribution in [3.05, 3.63) is 53.6 Å². The second kappa shape index (κ2) is 6.96. The van der Waals surface area contributed by atoms with Gasteiger partial charge in [0.1, 0.15) is 11.9 Å². The van der Waals surface area contributed by atoms with Crippen molar-refractivity contribution in [2.75, 3.05) is 13.7 Å². The zero-order valence-electron chi connectivity index (χ0n) is 13.7. The van der Waals surface area contributed by atoms with E-state index in [9.17, 15) is 4.79 Å². The highest BCUT2D eigenvalue weighted by Crippen LogP contribution is 2.33. The summed E-state index contributed by atoms with van der Waals surface area (Å²) >= 11 is 0. The van der Waals surface area contributed by atoms with Crippen LogP contribution in [0.25, 0.3) is 0 Å². The van der Waals surface area contributed by atoms with E-state index in [1.54, 1.807) is 17.3 Å². The third kappa shape index (κ3) is 3.45. The smallest absolute Gasteiger partial charge is 0.228 e. The number of ether oxygens (including phenoxy) is 1. The first-order valence-electron chi connectivity index (χ1n) is 8.07. The summed E-state index contributed by atoms with van der Waals surface area (Å²) < 4.78 is 5.84. The molecule has 3 rings (SSSR count).